The van der Waals surface area contributed by atoms with Crippen molar-refractivity contribution in [3.05, 3.63) is 30.2 Å². The first-order valence-corrected chi connectivity index (χ1v) is 9.51. The Labute approximate surface area is 165 Å². The zero-order valence-electron chi connectivity index (χ0n) is 17.1. The molecule has 1 aromatic heterocycles. The van der Waals surface area contributed by atoms with Gasteiger partial charge in [0.15, 0.2) is 11.5 Å². The average Bonchev–Trinajstić information content (AvgIpc) is 3.31. The Bertz CT molecular complexity index is 820. The van der Waals surface area contributed by atoms with E-state index >= 15 is 0 Å². The number of aromatic nitrogens is 1. The Kier molecular flexibility index (Phi) is 5.82. The van der Waals surface area contributed by atoms with E-state index in [0.29, 0.717) is 35.7 Å². The first-order chi connectivity index (χ1) is 13.2. The first-order valence-electron chi connectivity index (χ1n) is 9.51. The molecule has 0 spiro atoms. The van der Waals surface area contributed by atoms with Gasteiger partial charge in [0, 0.05) is 5.56 Å². The standard InChI is InChI=1S/C21H28N2O5/c1-13(23-20(24)28-21(2,3)4)18-11-22-19(27-18)15-8-9-16(25-5)17(10-15)26-12-14-6-7-14/h8-11,13-14H,6-7,12H2,1-5H3,(H,23,24)/t13-/m0/s1. The summed E-state index contributed by atoms with van der Waals surface area (Å²) < 4.78 is 22.4. The van der Waals surface area contributed by atoms with Gasteiger partial charge in [0.05, 0.1) is 26.0 Å². The largest absolute Gasteiger partial charge is 0.493 e. The van der Waals surface area contributed by atoms with Crippen molar-refractivity contribution < 1.29 is 23.4 Å². The summed E-state index contributed by atoms with van der Waals surface area (Å²) in [5, 5.41) is 2.75. The van der Waals surface area contributed by atoms with E-state index in [1.54, 1.807) is 13.3 Å². The number of alkyl carbamates (subject to hydrolysis) is 1. The fraction of sp³-hybridized carbons (Fsp3) is 0.524. The van der Waals surface area contributed by atoms with Crippen molar-refractivity contribution in [2.24, 2.45) is 5.92 Å². The second-order valence-electron chi connectivity index (χ2n) is 8.06. The molecule has 0 unspecified atom stereocenters. The van der Waals surface area contributed by atoms with E-state index in [2.05, 4.69) is 10.3 Å². The lowest BCUT2D eigenvalue weighted by Gasteiger charge is -2.21. The van der Waals surface area contributed by atoms with Crippen LogP contribution in [0.1, 0.15) is 52.3 Å². The van der Waals surface area contributed by atoms with Gasteiger partial charge in [-0.3, -0.25) is 0 Å². The average molecular weight is 388 g/mol. The lowest BCUT2D eigenvalue weighted by molar-refractivity contribution is 0.0502. The SMILES string of the molecule is COc1ccc(-c2ncc([C@H](C)NC(=O)OC(C)(C)C)o2)cc1OCC1CC1. The number of hydrogen-bond donors (Lipinski definition) is 1. The third kappa shape index (κ3) is 5.41. The van der Waals surface area contributed by atoms with Crippen molar-refractivity contribution in [1.29, 1.82) is 0 Å². The molecule has 1 saturated carbocycles. The lowest BCUT2D eigenvalue weighted by atomic mass is 10.2. The molecule has 1 heterocycles. The van der Waals surface area contributed by atoms with Crippen LogP contribution < -0.4 is 14.8 Å². The molecule has 1 aliphatic rings. The number of amides is 1. The van der Waals surface area contributed by atoms with Crippen LogP contribution in [0, 0.1) is 5.92 Å². The van der Waals surface area contributed by atoms with E-state index in [-0.39, 0.29) is 6.04 Å². The topological polar surface area (TPSA) is 82.8 Å². The van der Waals surface area contributed by atoms with Gasteiger partial charge in [-0.15, -0.1) is 0 Å². The summed E-state index contributed by atoms with van der Waals surface area (Å²) in [4.78, 5) is 16.3. The number of nitrogens with zero attached hydrogens (tertiary/aromatic N) is 1. The van der Waals surface area contributed by atoms with Crippen LogP contribution in [0.25, 0.3) is 11.5 Å². The van der Waals surface area contributed by atoms with Gasteiger partial charge in [-0.05, 0) is 64.7 Å². The van der Waals surface area contributed by atoms with Gasteiger partial charge in [0.1, 0.15) is 11.4 Å². The third-order valence-corrected chi connectivity index (χ3v) is 4.27. The monoisotopic (exact) mass is 388 g/mol. The van der Waals surface area contributed by atoms with E-state index in [0.717, 1.165) is 5.56 Å². The van der Waals surface area contributed by atoms with Crippen molar-refractivity contribution in [2.75, 3.05) is 13.7 Å². The van der Waals surface area contributed by atoms with Crippen molar-refractivity contribution in [3.63, 3.8) is 0 Å². The van der Waals surface area contributed by atoms with Gasteiger partial charge < -0.3 is 23.9 Å². The van der Waals surface area contributed by atoms with E-state index in [1.807, 2.05) is 45.9 Å². The van der Waals surface area contributed by atoms with Crippen LogP contribution in [-0.4, -0.2) is 30.4 Å². The van der Waals surface area contributed by atoms with Crippen LogP contribution in [0.2, 0.25) is 0 Å². The lowest BCUT2D eigenvalue weighted by Crippen LogP contribution is -2.33. The summed E-state index contributed by atoms with van der Waals surface area (Å²) in [7, 11) is 1.62. The molecular weight excluding hydrogens is 360 g/mol. The summed E-state index contributed by atoms with van der Waals surface area (Å²) >= 11 is 0. The second-order valence-corrected chi connectivity index (χ2v) is 8.06. The molecule has 1 aromatic carbocycles. The molecule has 1 fully saturated rings. The fourth-order valence-corrected chi connectivity index (χ4v) is 2.59. The third-order valence-electron chi connectivity index (χ3n) is 4.27. The van der Waals surface area contributed by atoms with Gasteiger partial charge in [-0.1, -0.05) is 0 Å². The van der Waals surface area contributed by atoms with E-state index in [9.17, 15) is 4.79 Å². The number of methoxy groups -OCH3 is 1. The molecule has 7 heteroatoms. The summed E-state index contributed by atoms with van der Waals surface area (Å²) in [6.45, 7) is 7.95. The molecule has 28 heavy (non-hydrogen) atoms. The first kappa shape index (κ1) is 20.0. The van der Waals surface area contributed by atoms with Crippen molar-refractivity contribution in [2.45, 2.75) is 52.2 Å². The second kappa shape index (κ2) is 8.12. The highest BCUT2D eigenvalue weighted by molar-refractivity contribution is 5.68. The highest BCUT2D eigenvalue weighted by Gasteiger charge is 2.23. The molecule has 1 N–H and O–H groups in total. The summed E-state index contributed by atoms with van der Waals surface area (Å²) in [5.41, 5.74) is 0.221. The highest BCUT2D eigenvalue weighted by Crippen LogP contribution is 2.35. The zero-order valence-corrected chi connectivity index (χ0v) is 17.1. The highest BCUT2D eigenvalue weighted by atomic mass is 16.6. The molecule has 1 aliphatic carbocycles. The molecule has 0 radical (unpaired) electrons. The number of benzene rings is 1. The number of hydrogen-bond acceptors (Lipinski definition) is 6. The molecule has 2 aromatic rings. The molecule has 0 saturated heterocycles. The van der Waals surface area contributed by atoms with Gasteiger partial charge in [-0.2, -0.15) is 0 Å². The molecule has 152 valence electrons. The van der Waals surface area contributed by atoms with Crippen molar-refractivity contribution >= 4 is 6.09 Å². The van der Waals surface area contributed by atoms with Crippen LogP contribution in [0.15, 0.2) is 28.8 Å². The van der Waals surface area contributed by atoms with Crippen molar-refractivity contribution in [1.82, 2.24) is 10.3 Å². The maximum absolute atomic E-state index is 11.9. The number of ether oxygens (including phenoxy) is 3. The Morgan fingerprint density at radius 2 is 2.07 bits per heavy atom. The number of rotatable bonds is 7. The Morgan fingerprint density at radius 3 is 2.71 bits per heavy atom. The molecule has 7 nitrogen and oxygen atoms in total. The zero-order chi connectivity index (χ0) is 20.3. The van der Waals surface area contributed by atoms with Gasteiger partial charge in [0.25, 0.3) is 0 Å². The van der Waals surface area contributed by atoms with Gasteiger partial charge >= 0.3 is 6.09 Å². The predicted octanol–water partition coefficient (Wildman–Crippen LogP) is 4.72. The summed E-state index contributed by atoms with van der Waals surface area (Å²) in [6.07, 6.45) is 3.53. The van der Waals surface area contributed by atoms with Crippen LogP contribution in [0.5, 0.6) is 11.5 Å². The Morgan fingerprint density at radius 1 is 1.32 bits per heavy atom. The molecule has 0 aliphatic heterocycles. The Hall–Kier alpha value is -2.70. The molecular formula is C21H28N2O5. The van der Waals surface area contributed by atoms with Crippen LogP contribution in [-0.2, 0) is 4.74 Å². The van der Waals surface area contributed by atoms with E-state index < -0.39 is 11.7 Å². The normalized spacial score (nSPS) is 15.0. The van der Waals surface area contributed by atoms with Crippen LogP contribution in [0.4, 0.5) is 4.79 Å². The Balaban J connectivity index is 1.70. The summed E-state index contributed by atoms with van der Waals surface area (Å²) in [6, 6.07) is 5.19. The molecule has 1 atom stereocenters. The molecule has 3 rings (SSSR count). The predicted molar refractivity (Wildman–Crippen MR) is 104 cm³/mol. The van der Waals surface area contributed by atoms with Crippen LogP contribution in [0.3, 0.4) is 0 Å². The smallest absolute Gasteiger partial charge is 0.408 e. The molecule has 0 bridgehead atoms. The number of carbonyl (C=O) groups excluding carboxylic acids is 1. The minimum absolute atomic E-state index is 0.375. The van der Waals surface area contributed by atoms with Gasteiger partial charge in [0.2, 0.25) is 5.89 Å². The molecule has 1 amide bonds. The van der Waals surface area contributed by atoms with Crippen molar-refractivity contribution in [3.8, 4) is 23.0 Å². The van der Waals surface area contributed by atoms with Crippen LogP contribution >= 0.6 is 0 Å². The van der Waals surface area contributed by atoms with E-state index in [4.69, 9.17) is 18.6 Å². The number of oxazole rings is 1. The fourth-order valence-electron chi connectivity index (χ4n) is 2.59. The maximum Gasteiger partial charge on any atom is 0.408 e. The quantitative estimate of drug-likeness (QED) is 0.739. The van der Waals surface area contributed by atoms with Gasteiger partial charge in [-0.25, -0.2) is 9.78 Å². The van der Waals surface area contributed by atoms with E-state index in [1.165, 1.54) is 12.8 Å². The minimum Gasteiger partial charge on any atom is -0.493 e. The summed E-state index contributed by atoms with van der Waals surface area (Å²) in [5.74, 6) is 2.98. The maximum atomic E-state index is 11.9. The number of carbonyl (C=O) groups is 1. The minimum atomic E-state index is -0.559. The number of nitrogens with one attached hydrogen (secondary N) is 1.